The van der Waals surface area contributed by atoms with Crippen LogP contribution in [0.15, 0.2) is 42.7 Å². The van der Waals surface area contributed by atoms with Crippen LogP contribution in [0.5, 0.6) is 0 Å². The zero-order chi connectivity index (χ0) is 11.4. The summed E-state index contributed by atoms with van der Waals surface area (Å²) in [5, 5.41) is 8.69. The minimum Gasteiger partial charge on any atom is -0.477 e. The van der Waals surface area contributed by atoms with E-state index in [1.54, 1.807) is 18.5 Å². The molecule has 16 heavy (non-hydrogen) atoms. The number of carboxylic acid groups (broad SMARTS) is 1. The lowest BCUT2D eigenvalue weighted by Gasteiger charge is -2.00. The van der Waals surface area contributed by atoms with Gasteiger partial charge in [-0.25, -0.2) is 9.78 Å². The van der Waals surface area contributed by atoms with E-state index in [1.165, 1.54) is 6.07 Å². The van der Waals surface area contributed by atoms with Gasteiger partial charge >= 0.3 is 5.97 Å². The minimum atomic E-state index is -1.01. The average Bonchev–Trinajstić information content (AvgIpc) is 2.31. The van der Waals surface area contributed by atoms with Gasteiger partial charge < -0.3 is 5.11 Å². The Hall–Kier alpha value is -2.23. The molecule has 0 radical (unpaired) electrons. The summed E-state index contributed by atoms with van der Waals surface area (Å²) in [6.07, 6.45) is 3.96. The van der Waals surface area contributed by atoms with Gasteiger partial charge in [0.05, 0.1) is 0 Å². The highest BCUT2D eigenvalue weighted by atomic mass is 16.4. The molecule has 0 fully saturated rings. The zero-order valence-electron chi connectivity index (χ0n) is 8.50. The normalized spacial score (nSPS) is 10.0. The minimum absolute atomic E-state index is 0.0600. The van der Waals surface area contributed by atoms with Crippen molar-refractivity contribution < 1.29 is 9.90 Å². The summed E-state index contributed by atoms with van der Waals surface area (Å²) in [6.45, 7) is 0. The van der Waals surface area contributed by atoms with E-state index in [0.717, 1.165) is 11.3 Å². The van der Waals surface area contributed by atoms with Crippen LogP contribution < -0.4 is 0 Å². The van der Waals surface area contributed by atoms with E-state index in [9.17, 15) is 4.79 Å². The summed E-state index contributed by atoms with van der Waals surface area (Å²) < 4.78 is 0. The summed E-state index contributed by atoms with van der Waals surface area (Å²) in [7, 11) is 0. The van der Waals surface area contributed by atoms with Crippen LogP contribution in [-0.2, 0) is 6.42 Å². The highest BCUT2D eigenvalue weighted by Crippen LogP contribution is 2.06. The Kier molecular flexibility index (Phi) is 2.91. The molecule has 0 bridgehead atoms. The number of aromatic carboxylic acids is 1. The van der Waals surface area contributed by atoms with Crippen LogP contribution in [0.2, 0.25) is 0 Å². The Morgan fingerprint density at radius 3 is 2.62 bits per heavy atom. The molecule has 4 heteroatoms. The maximum atomic E-state index is 10.6. The van der Waals surface area contributed by atoms with Gasteiger partial charge in [-0.05, 0) is 23.8 Å². The van der Waals surface area contributed by atoms with E-state index in [1.807, 2.05) is 18.2 Å². The fourth-order valence-corrected chi connectivity index (χ4v) is 1.37. The lowest BCUT2D eigenvalue weighted by molar-refractivity contribution is 0.0690. The number of rotatable bonds is 3. The van der Waals surface area contributed by atoms with Crippen LogP contribution in [0.3, 0.4) is 0 Å². The van der Waals surface area contributed by atoms with Crippen molar-refractivity contribution in [3.05, 3.63) is 59.7 Å². The number of hydrogen-bond donors (Lipinski definition) is 1. The van der Waals surface area contributed by atoms with E-state index in [2.05, 4.69) is 9.97 Å². The molecule has 0 aliphatic heterocycles. The number of carbonyl (C=O) groups is 1. The van der Waals surface area contributed by atoms with E-state index in [-0.39, 0.29) is 5.69 Å². The van der Waals surface area contributed by atoms with Gasteiger partial charge in [-0.2, -0.15) is 0 Å². The molecule has 1 N–H and O–H groups in total. The number of carboxylic acids is 1. The predicted octanol–water partition coefficient (Wildman–Crippen LogP) is 1.77. The summed E-state index contributed by atoms with van der Waals surface area (Å²) >= 11 is 0. The third-order valence-electron chi connectivity index (χ3n) is 2.16. The van der Waals surface area contributed by atoms with E-state index < -0.39 is 5.97 Å². The Bertz CT molecular complexity index is 480. The molecule has 0 saturated heterocycles. The molecule has 0 unspecified atom stereocenters. The molecule has 0 spiro atoms. The van der Waals surface area contributed by atoms with Crippen LogP contribution in [0, 0.1) is 0 Å². The molecule has 2 heterocycles. The van der Waals surface area contributed by atoms with Gasteiger partial charge in [-0.3, -0.25) is 4.98 Å². The molecule has 0 saturated carbocycles. The van der Waals surface area contributed by atoms with Crippen molar-refractivity contribution in [2.45, 2.75) is 6.42 Å². The second-order valence-electron chi connectivity index (χ2n) is 3.35. The standard InChI is InChI=1S/C12H10N2O2/c15-12(16)11-5-4-9(8-14-11)7-10-3-1-2-6-13-10/h1-6,8H,7H2,(H,15,16). The lowest BCUT2D eigenvalue weighted by Crippen LogP contribution is -2.00. The summed E-state index contributed by atoms with van der Waals surface area (Å²) in [6, 6.07) is 8.95. The summed E-state index contributed by atoms with van der Waals surface area (Å²) in [5.74, 6) is -1.01. The van der Waals surface area contributed by atoms with Crippen molar-refractivity contribution in [3.8, 4) is 0 Å². The number of hydrogen-bond acceptors (Lipinski definition) is 3. The van der Waals surface area contributed by atoms with Gasteiger partial charge in [0.25, 0.3) is 0 Å². The number of aromatic nitrogens is 2. The smallest absolute Gasteiger partial charge is 0.354 e. The van der Waals surface area contributed by atoms with Gasteiger partial charge in [-0.15, -0.1) is 0 Å². The molecule has 2 aromatic rings. The second-order valence-corrected chi connectivity index (χ2v) is 3.35. The molecule has 0 atom stereocenters. The van der Waals surface area contributed by atoms with E-state index >= 15 is 0 Å². The van der Waals surface area contributed by atoms with Crippen LogP contribution in [0.4, 0.5) is 0 Å². The molecule has 0 amide bonds. The maximum absolute atomic E-state index is 10.6. The highest BCUT2D eigenvalue weighted by molar-refractivity contribution is 5.85. The average molecular weight is 214 g/mol. The Morgan fingerprint density at radius 1 is 1.19 bits per heavy atom. The molecule has 80 valence electrons. The zero-order valence-corrected chi connectivity index (χ0v) is 8.50. The van der Waals surface area contributed by atoms with E-state index in [0.29, 0.717) is 6.42 Å². The van der Waals surface area contributed by atoms with Crippen LogP contribution >= 0.6 is 0 Å². The summed E-state index contributed by atoms with van der Waals surface area (Å²) in [5.41, 5.74) is 1.95. The van der Waals surface area contributed by atoms with Gasteiger partial charge in [0.1, 0.15) is 5.69 Å². The highest BCUT2D eigenvalue weighted by Gasteiger charge is 2.03. The summed E-state index contributed by atoms with van der Waals surface area (Å²) in [4.78, 5) is 18.6. The molecule has 4 nitrogen and oxygen atoms in total. The van der Waals surface area contributed by atoms with Crippen molar-refractivity contribution in [2.24, 2.45) is 0 Å². The first-order chi connectivity index (χ1) is 7.75. The second kappa shape index (κ2) is 4.53. The van der Waals surface area contributed by atoms with Gasteiger partial charge in [0, 0.05) is 24.5 Å². The first-order valence-corrected chi connectivity index (χ1v) is 4.84. The van der Waals surface area contributed by atoms with Gasteiger partial charge in [0.2, 0.25) is 0 Å². The molecule has 0 aromatic carbocycles. The Labute approximate surface area is 92.6 Å². The van der Waals surface area contributed by atoms with Gasteiger partial charge in [-0.1, -0.05) is 12.1 Å². The SMILES string of the molecule is O=C(O)c1ccc(Cc2ccccn2)cn1. The molecule has 2 rings (SSSR count). The molecular formula is C12H10N2O2. The van der Waals surface area contributed by atoms with E-state index in [4.69, 9.17) is 5.11 Å². The largest absolute Gasteiger partial charge is 0.477 e. The monoisotopic (exact) mass is 214 g/mol. The molecular weight excluding hydrogens is 204 g/mol. The van der Waals surface area contributed by atoms with Gasteiger partial charge in [0.15, 0.2) is 0 Å². The quantitative estimate of drug-likeness (QED) is 0.845. The number of pyridine rings is 2. The third kappa shape index (κ3) is 2.42. The van der Waals surface area contributed by atoms with Crippen LogP contribution in [0.1, 0.15) is 21.7 Å². The topological polar surface area (TPSA) is 63.1 Å². The molecule has 2 aromatic heterocycles. The number of nitrogens with zero attached hydrogens (tertiary/aromatic N) is 2. The first kappa shape index (κ1) is 10.3. The maximum Gasteiger partial charge on any atom is 0.354 e. The fraction of sp³-hybridized carbons (Fsp3) is 0.0833. The Morgan fingerprint density at radius 2 is 2.06 bits per heavy atom. The van der Waals surface area contributed by atoms with Crippen molar-refractivity contribution >= 4 is 5.97 Å². The van der Waals surface area contributed by atoms with Crippen LogP contribution in [-0.4, -0.2) is 21.0 Å². The predicted molar refractivity (Wildman–Crippen MR) is 58.2 cm³/mol. The van der Waals surface area contributed by atoms with Crippen molar-refractivity contribution in [3.63, 3.8) is 0 Å². The molecule has 0 aliphatic carbocycles. The fourth-order valence-electron chi connectivity index (χ4n) is 1.37. The van der Waals surface area contributed by atoms with Crippen molar-refractivity contribution in [2.75, 3.05) is 0 Å². The van der Waals surface area contributed by atoms with Crippen molar-refractivity contribution in [1.29, 1.82) is 0 Å². The van der Waals surface area contributed by atoms with Crippen molar-refractivity contribution in [1.82, 2.24) is 9.97 Å². The lowest BCUT2D eigenvalue weighted by atomic mass is 10.1. The van der Waals surface area contributed by atoms with Crippen LogP contribution in [0.25, 0.3) is 0 Å². The molecule has 0 aliphatic rings. The Balaban J connectivity index is 2.14. The third-order valence-corrected chi connectivity index (χ3v) is 2.16. The first-order valence-electron chi connectivity index (χ1n) is 4.84.